The van der Waals surface area contributed by atoms with Crippen LogP contribution in [0.1, 0.15) is 31.2 Å². The molecule has 2 saturated heterocycles. The molecule has 1 spiro atoms. The highest BCUT2D eigenvalue weighted by atomic mass is 32.1. The summed E-state index contributed by atoms with van der Waals surface area (Å²) in [5.74, 6) is 0. The van der Waals surface area contributed by atoms with E-state index in [2.05, 4.69) is 16.8 Å². The van der Waals surface area contributed by atoms with Gasteiger partial charge in [0.2, 0.25) is 0 Å². The Morgan fingerprint density at radius 1 is 1.53 bits per heavy atom. The molecule has 0 aliphatic carbocycles. The number of likely N-dealkylation sites (tertiary alicyclic amines) is 1. The van der Waals surface area contributed by atoms with Crippen molar-refractivity contribution in [2.24, 2.45) is 0 Å². The molecule has 2 aliphatic rings. The predicted octanol–water partition coefficient (Wildman–Crippen LogP) is 2.30. The number of thiazole rings is 1. The van der Waals surface area contributed by atoms with E-state index in [4.69, 9.17) is 9.47 Å². The van der Waals surface area contributed by atoms with E-state index in [1.165, 1.54) is 5.01 Å². The molecule has 4 nitrogen and oxygen atoms in total. The lowest BCUT2D eigenvalue weighted by Crippen LogP contribution is -2.43. The first kappa shape index (κ1) is 13.5. The van der Waals surface area contributed by atoms with Crippen LogP contribution in [0.4, 0.5) is 0 Å². The van der Waals surface area contributed by atoms with Crippen LogP contribution in [0, 0.1) is 0 Å². The number of piperidine rings is 1. The van der Waals surface area contributed by atoms with Gasteiger partial charge in [-0.3, -0.25) is 4.90 Å². The van der Waals surface area contributed by atoms with E-state index >= 15 is 0 Å². The summed E-state index contributed by atoms with van der Waals surface area (Å²) in [6, 6.07) is 0. The average molecular weight is 282 g/mol. The molecule has 2 fully saturated rings. The Bertz CT molecular complexity index is 388. The van der Waals surface area contributed by atoms with Gasteiger partial charge in [0.05, 0.1) is 24.9 Å². The summed E-state index contributed by atoms with van der Waals surface area (Å²) in [4.78, 5) is 6.85. The topological polar surface area (TPSA) is 34.6 Å². The third-order valence-corrected chi connectivity index (χ3v) is 4.95. The van der Waals surface area contributed by atoms with E-state index in [-0.39, 0.29) is 5.60 Å². The molecule has 0 bridgehead atoms. The van der Waals surface area contributed by atoms with E-state index in [0.29, 0.717) is 6.10 Å². The maximum absolute atomic E-state index is 6.07. The molecule has 19 heavy (non-hydrogen) atoms. The first-order chi connectivity index (χ1) is 9.30. The molecule has 0 saturated carbocycles. The van der Waals surface area contributed by atoms with Crippen molar-refractivity contribution in [2.75, 3.05) is 26.3 Å². The first-order valence-electron chi connectivity index (χ1n) is 7.16. The van der Waals surface area contributed by atoms with Crippen LogP contribution in [-0.4, -0.2) is 47.9 Å². The molecule has 0 aromatic carbocycles. The number of hydrogen-bond donors (Lipinski definition) is 0. The molecule has 0 radical (unpaired) electrons. The van der Waals surface area contributed by atoms with Gasteiger partial charge in [0, 0.05) is 37.7 Å². The molecule has 1 atom stereocenters. The van der Waals surface area contributed by atoms with Crippen LogP contribution in [0.15, 0.2) is 11.6 Å². The molecule has 2 aliphatic heterocycles. The Morgan fingerprint density at radius 3 is 3.05 bits per heavy atom. The van der Waals surface area contributed by atoms with Crippen molar-refractivity contribution in [2.45, 2.75) is 44.4 Å². The number of rotatable bonds is 4. The minimum Gasteiger partial charge on any atom is -0.376 e. The zero-order chi connectivity index (χ0) is 13.1. The van der Waals surface area contributed by atoms with Crippen molar-refractivity contribution in [3.63, 3.8) is 0 Å². The van der Waals surface area contributed by atoms with Crippen LogP contribution in [0.25, 0.3) is 0 Å². The lowest BCUT2D eigenvalue weighted by atomic mass is 9.88. The van der Waals surface area contributed by atoms with E-state index in [1.807, 2.05) is 11.6 Å². The van der Waals surface area contributed by atoms with E-state index in [0.717, 1.165) is 52.1 Å². The lowest BCUT2D eigenvalue weighted by molar-refractivity contribution is -0.0464. The van der Waals surface area contributed by atoms with Crippen molar-refractivity contribution < 1.29 is 9.47 Å². The highest BCUT2D eigenvalue weighted by molar-refractivity contribution is 7.09. The van der Waals surface area contributed by atoms with Gasteiger partial charge >= 0.3 is 0 Å². The Balaban J connectivity index is 1.49. The Kier molecular flexibility index (Phi) is 4.17. The second kappa shape index (κ2) is 5.87. The maximum Gasteiger partial charge on any atom is 0.107 e. The second-order valence-corrected chi connectivity index (χ2v) is 6.46. The molecule has 0 amide bonds. The Morgan fingerprint density at radius 2 is 2.37 bits per heavy atom. The molecule has 106 valence electrons. The van der Waals surface area contributed by atoms with Gasteiger partial charge in [0.15, 0.2) is 0 Å². The van der Waals surface area contributed by atoms with Gasteiger partial charge in [-0.15, -0.1) is 11.3 Å². The highest BCUT2D eigenvalue weighted by Gasteiger charge is 2.42. The maximum atomic E-state index is 6.07. The van der Waals surface area contributed by atoms with Gasteiger partial charge in [-0.2, -0.15) is 0 Å². The fraction of sp³-hybridized carbons (Fsp3) is 0.786. The fourth-order valence-electron chi connectivity index (χ4n) is 3.13. The van der Waals surface area contributed by atoms with E-state index in [9.17, 15) is 0 Å². The van der Waals surface area contributed by atoms with Crippen LogP contribution in [0.5, 0.6) is 0 Å². The van der Waals surface area contributed by atoms with Gasteiger partial charge in [0.25, 0.3) is 0 Å². The molecule has 0 N–H and O–H groups in total. The summed E-state index contributed by atoms with van der Waals surface area (Å²) in [5, 5.41) is 3.27. The van der Waals surface area contributed by atoms with Crippen LogP contribution in [-0.2, 0) is 16.0 Å². The molecular formula is C14H22N2O2S. The first-order valence-corrected chi connectivity index (χ1v) is 8.04. The quantitative estimate of drug-likeness (QED) is 0.849. The summed E-state index contributed by atoms with van der Waals surface area (Å²) in [7, 11) is 0. The monoisotopic (exact) mass is 282 g/mol. The predicted molar refractivity (Wildman–Crippen MR) is 75.3 cm³/mol. The minimum atomic E-state index is 0.0964. The smallest absolute Gasteiger partial charge is 0.107 e. The highest BCUT2D eigenvalue weighted by Crippen LogP contribution is 2.37. The number of nitrogens with zero attached hydrogens (tertiary/aromatic N) is 2. The zero-order valence-electron chi connectivity index (χ0n) is 11.5. The van der Waals surface area contributed by atoms with Crippen molar-refractivity contribution in [3.8, 4) is 0 Å². The second-order valence-electron chi connectivity index (χ2n) is 5.48. The summed E-state index contributed by atoms with van der Waals surface area (Å²) < 4.78 is 11.8. The van der Waals surface area contributed by atoms with Crippen LogP contribution < -0.4 is 0 Å². The van der Waals surface area contributed by atoms with Crippen molar-refractivity contribution >= 4 is 11.3 Å². The van der Waals surface area contributed by atoms with E-state index < -0.39 is 0 Å². The fourth-order valence-corrected chi connectivity index (χ4v) is 3.79. The zero-order valence-corrected chi connectivity index (χ0v) is 12.3. The average Bonchev–Trinajstić information content (AvgIpc) is 3.04. The van der Waals surface area contributed by atoms with Crippen molar-refractivity contribution in [1.29, 1.82) is 0 Å². The van der Waals surface area contributed by atoms with Crippen LogP contribution in [0.2, 0.25) is 0 Å². The third kappa shape index (κ3) is 3.16. The SMILES string of the molecule is CCOC1COC2(CCN(Cc3nccs3)CC2)C1. The van der Waals surface area contributed by atoms with Gasteiger partial charge in [-0.1, -0.05) is 0 Å². The standard InChI is InChI=1S/C14H22N2O2S/c1-2-17-12-9-14(18-11-12)3-6-16(7-4-14)10-13-15-5-8-19-13/h5,8,12H,2-4,6-7,9-11H2,1H3. The molecule has 1 unspecified atom stereocenters. The summed E-state index contributed by atoms with van der Waals surface area (Å²) in [5.41, 5.74) is 0.0964. The van der Waals surface area contributed by atoms with Crippen LogP contribution >= 0.6 is 11.3 Å². The summed E-state index contributed by atoms with van der Waals surface area (Å²) in [6.45, 7) is 6.84. The Labute approximate surface area is 118 Å². The third-order valence-electron chi connectivity index (χ3n) is 4.19. The Hall–Kier alpha value is -0.490. The summed E-state index contributed by atoms with van der Waals surface area (Å²) >= 11 is 1.74. The van der Waals surface area contributed by atoms with Gasteiger partial charge in [0.1, 0.15) is 5.01 Å². The van der Waals surface area contributed by atoms with Gasteiger partial charge in [-0.25, -0.2) is 4.98 Å². The summed E-state index contributed by atoms with van der Waals surface area (Å²) in [6.07, 6.45) is 5.53. The lowest BCUT2D eigenvalue weighted by Gasteiger charge is -2.38. The van der Waals surface area contributed by atoms with Crippen LogP contribution in [0.3, 0.4) is 0 Å². The molecule has 3 heterocycles. The molecule has 1 aromatic rings. The largest absolute Gasteiger partial charge is 0.376 e. The van der Waals surface area contributed by atoms with Gasteiger partial charge < -0.3 is 9.47 Å². The normalized spacial score (nSPS) is 27.1. The van der Waals surface area contributed by atoms with E-state index in [1.54, 1.807) is 11.3 Å². The molecule has 5 heteroatoms. The van der Waals surface area contributed by atoms with Crippen molar-refractivity contribution in [1.82, 2.24) is 9.88 Å². The number of aromatic nitrogens is 1. The molecule has 3 rings (SSSR count). The number of ether oxygens (including phenoxy) is 2. The number of hydrogen-bond acceptors (Lipinski definition) is 5. The molecule has 1 aromatic heterocycles. The molecular weight excluding hydrogens is 260 g/mol. The minimum absolute atomic E-state index is 0.0964. The van der Waals surface area contributed by atoms with Gasteiger partial charge in [-0.05, 0) is 19.8 Å². The van der Waals surface area contributed by atoms with Crippen molar-refractivity contribution in [3.05, 3.63) is 16.6 Å².